The van der Waals surface area contributed by atoms with Crippen molar-refractivity contribution in [1.82, 2.24) is 5.32 Å². The zero-order valence-electron chi connectivity index (χ0n) is 10.7. The fourth-order valence-electron chi connectivity index (χ4n) is 1.22. The van der Waals surface area contributed by atoms with E-state index in [2.05, 4.69) is 10.5 Å². The standard InChI is InChI=1S/C13H17FN2O2/c1-13(2,3)16-12(17)9-18-15-8-10-6-4-5-7-11(10)14/h4-8H,9H2,1-3H3,(H,16,17)/b15-8-. The Morgan fingerprint density at radius 2 is 2.11 bits per heavy atom. The van der Waals surface area contributed by atoms with Gasteiger partial charge in [0.15, 0.2) is 6.61 Å². The van der Waals surface area contributed by atoms with E-state index < -0.39 is 0 Å². The predicted octanol–water partition coefficient (Wildman–Crippen LogP) is 2.09. The minimum atomic E-state index is -0.385. The Bertz CT molecular complexity index is 439. The molecule has 0 aliphatic rings. The molecule has 18 heavy (non-hydrogen) atoms. The lowest BCUT2D eigenvalue weighted by Gasteiger charge is -2.19. The van der Waals surface area contributed by atoms with Crippen molar-refractivity contribution < 1.29 is 14.0 Å². The summed E-state index contributed by atoms with van der Waals surface area (Å²) in [5, 5.41) is 6.26. The Morgan fingerprint density at radius 1 is 1.44 bits per heavy atom. The van der Waals surface area contributed by atoms with E-state index in [4.69, 9.17) is 4.84 Å². The highest BCUT2D eigenvalue weighted by molar-refractivity contribution is 5.80. The third kappa shape index (κ3) is 5.43. The summed E-state index contributed by atoms with van der Waals surface area (Å²) in [5.41, 5.74) is 0.00381. The van der Waals surface area contributed by atoms with Gasteiger partial charge in [-0.15, -0.1) is 0 Å². The van der Waals surface area contributed by atoms with Crippen LogP contribution in [0.1, 0.15) is 26.3 Å². The van der Waals surface area contributed by atoms with Gasteiger partial charge in [-0.25, -0.2) is 4.39 Å². The molecule has 0 heterocycles. The highest BCUT2D eigenvalue weighted by Crippen LogP contribution is 2.03. The number of oxime groups is 1. The van der Waals surface area contributed by atoms with Crippen LogP contribution >= 0.6 is 0 Å². The molecule has 4 nitrogen and oxygen atoms in total. The van der Waals surface area contributed by atoms with Crippen LogP contribution in [-0.2, 0) is 9.63 Å². The van der Waals surface area contributed by atoms with Gasteiger partial charge < -0.3 is 10.2 Å². The number of rotatable bonds is 4. The van der Waals surface area contributed by atoms with Gasteiger partial charge in [0.1, 0.15) is 5.82 Å². The van der Waals surface area contributed by atoms with Crippen molar-refractivity contribution in [2.24, 2.45) is 5.16 Å². The van der Waals surface area contributed by atoms with Crippen molar-refractivity contribution in [1.29, 1.82) is 0 Å². The molecule has 0 atom stereocenters. The molecule has 0 aliphatic carbocycles. The van der Waals surface area contributed by atoms with Gasteiger partial charge >= 0.3 is 0 Å². The topological polar surface area (TPSA) is 50.7 Å². The minimum absolute atomic E-state index is 0.192. The zero-order chi connectivity index (χ0) is 13.6. The average Bonchev–Trinajstić information content (AvgIpc) is 2.24. The number of hydrogen-bond donors (Lipinski definition) is 1. The Balaban J connectivity index is 2.38. The molecule has 5 heteroatoms. The van der Waals surface area contributed by atoms with Crippen molar-refractivity contribution in [3.8, 4) is 0 Å². The molecule has 0 aromatic heterocycles. The van der Waals surface area contributed by atoms with Crippen LogP contribution in [0.5, 0.6) is 0 Å². The van der Waals surface area contributed by atoms with Crippen LogP contribution in [0.25, 0.3) is 0 Å². The highest BCUT2D eigenvalue weighted by atomic mass is 19.1. The van der Waals surface area contributed by atoms with E-state index in [9.17, 15) is 9.18 Å². The van der Waals surface area contributed by atoms with Crippen LogP contribution in [-0.4, -0.2) is 24.3 Å². The largest absolute Gasteiger partial charge is 0.386 e. The van der Waals surface area contributed by atoms with Gasteiger partial charge in [-0.1, -0.05) is 23.4 Å². The van der Waals surface area contributed by atoms with Crippen LogP contribution in [0.15, 0.2) is 29.4 Å². The molecule has 1 amide bonds. The van der Waals surface area contributed by atoms with E-state index in [0.717, 1.165) is 0 Å². The Kier molecular flexibility index (Phi) is 4.83. The maximum Gasteiger partial charge on any atom is 0.261 e. The van der Waals surface area contributed by atoms with Gasteiger partial charge in [0.25, 0.3) is 5.91 Å². The predicted molar refractivity (Wildman–Crippen MR) is 67.8 cm³/mol. The van der Waals surface area contributed by atoms with Gasteiger partial charge in [-0.3, -0.25) is 4.79 Å². The maximum absolute atomic E-state index is 13.2. The molecule has 98 valence electrons. The lowest BCUT2D eigenvalue weighted by molar-refractivity contribution is -0.127. The third-order valence-corrected chi connectivity index (χ3v) is 1.88. The summed E-state index contributed by atoms with van der Waals surface area (Å²) in [6.45, 7) is 5.41. The summed E-state index contributed by atoms with van der Waals surface area (Å²) in [6, 6.07) is 6.17. The van der Waals surface area contributed by atoms with E-state index >= 15 is 0 Å². The van der Waals surface area contributed by atoms with E-state index in [-0.39, 0.29) is 23.9 Å². The summed E-state index contributed by atoms with van der Waals surface area (Å²) in [4.78, 5) is 16.1. The number of nitrogens with zero attached hydrogens (tertiary/aromatic N) is 1. The average molecular weight is 252 g/mol. The van der Waals surface area contributed by atoms with Gasteiger partial charge in [0.2, 0.25) is 0 Å². The maximum atomic E-state index is 13.2. The first kappa shape index (κ1) is 14.2. The van der Waals surface area contributed by atoms with Crippen molar-refractivity contribution >= 4 is 12.1 Å². The molecule has 0 spiro atoms. The first-order valence-electron chi connectivity index (χ1n) is 5.59. The second kappa shape index (κ2) is 6.14. The molecule has 0 aliphatic heterocycles. The first-order valence-corrected chi connectivity index (χ1v) is 5.59. The molecular formula is C13H17FN2O2. The monoisotopic (exact) mass is 252 g/mol. The molecular weight excluding hydrogens is 235 g/mol. The number of nitrogens with one attached hydrogen (secondary N) is 1. The molecule has 1 rings (SSSR count). The Labute approximate surface area is 106 Å². The third-order valence-electron chi connectivity index (χ3n) is 1.88. The number of carbonyl (C=O) groups is 1. The van der Waals surface area contributed by atoms with E-state index in [0.29, 0.717) is 5.56 Å². The van der Waals surface area contributed by atoms with Crippen molar-refractivity contribution in [3.05, 3.63) is 35.6 Å². The summed E-state index contributed by atoms with van der Waals surface area (Å²) in [7, 11) is 0. The summed E-state index contributed by atoms with van der Waals surface area (Å²) < 4.78 is 13.2. The minimum Gasteiger partial charge on any atom is -0.386 e. The molecule has 0 unspecified atom stereocenters. The van der Waals surface area contributed by atoms with Crippen LogP contribution in [0.4, 0.5) is 4.39 Å². The second-order valence-corrected chi connectivity index (χ2v) is 4.83. The number of halogens is 1. The first-order chi connectivity index (χ1) is 8.38. The lowest BCUT2D eigenvalue weighted by atomic mass is 10.1. The molecule has 0 radical (unpaired) electrons. The fourth-order valence-corrected chi connectivity index (χ4v) is 1.22. The van der Waals surface area contributed by atoms with Gasteiger partial charge in [0, 0.05) is 11.1 Å². The van der Waals surface area contributed by atoms with E-state index in [1.54, 1.807) is 18.2 Å². The number of amides is 1. The molecule has 0 saturated carbocycles. The van der Waals surface area contributed by atoms with Crippen LogP contribution in [0.3, 0.4) is 0 Å². The van der Waals surface area contributed by atoms with Crippen molar-refractivity contribution in [2.45, 2.75) is 26.3 Å². The van der Waals surface area contributed by atoms with Gasteiger partial charge in [-0.05, 0) is 26.8 Å². The van der Waals surface area contributed by atoms with E-state index in [1.807, 2.05) is 20.8 Å². The van der Waals surface area contributed by atoms with Gasteiger partial charge in [-0.2, -0.15) is 0 Å². The zero-order valence-corrected chi connectivity index (χ0v) is 10.7. The summed E-state index contributed by atoms with van der Waals surface area (Å²) in [5.74, 6) is -0.655. The quantitative estimate of drug-likeness (QED) is 0.659. The molecule has 0 bridgehead atoms. The van der Waals surface area contributed by atoms with Crippen LogP contribution in [0, 0.1) is 5.82 Å². The lowest BCUT2D eigenvalue weighted by Crippen LogP contribution is -2.42. The number of carbonyl (C=O) groups excluding carboxylic acids is 1. The molecule has 1 N–H and O–H groups in total. The normalized spacial score (nSPS) is 11.6. The second-order valence-electron chi connectivity index (χ2n) is 4.83. The Hall–Kier alpha value is -1.91. The summed E-state index contributed by atoms with van der Waals surface area (Å²) >= 11 is 0. The van der Waals surface area contributed by atoms with Crippen LogP contribution in [0.2, 0.25) is 0 Å². The van der Waals surface area contributed by atoms with Gasteiger partial charge in [0.05, 0.1) is 6.21 Å². The molecule has 0 saturated heterocycles. The smallest absolute Gasteiger partial charge is 0.261 e. The molecule has 1 aromatic rings. The van der Waals surface area contributed by atoms with Crippen LogP contribution < -0.4 is 5.32 Å². The van der Waals surface area contributed by atoms with E-state index in [1.165, 1.54) is 12.3 Å². The van der Waals surface area contributed by atoms with Crippen molar-refractivity contribution in [3.63, 3.8) is 0 Å². The molecule has 1 aromatic carbocycles. The highest BCUT2D eigenvalue weighted by Gasteiger charge is 2.13. The fraction of sp³-hybridized carbons (Fsp3) is 0.385. The van der Waals surface area contributed by atoms with Crippen molar-refractivity contribution in [2.75, 3.05) is 6.61 Å². The summed E-state index contributed by atoms with van der Waals surface area (Å²) in [6.07, 6.45) is 1.24. The Morgan fingerprint density at radius 3 is 2.72 bits per heavy atom. The SMILES string of the molecule is CC(C)(C)NC(=O)CO/N=C\c1ccccc1F. The molecule has 0 fully saturated rings. The number of benzene rings is 1. The number of hydrogen-bond acceptors (Lipinski definition) is 3.